The number of guanidine groups is 1. The smallest absolute Gasteiger partial charge is 0.191 e. The van der Waals surface area contributed by atoms with Crippen molar-refractivity contribution in [1.29, 1.82) is 0 Å². The Morgan fingerprint density at radius 3 is 2.96 bits per heavy atom. The predicted octanol–water partition coefficient (Wildman–Crippen LogP) is 3.39. The number of hydrogen-bond donors (Lipinski definition) is 3. The number of fused-ring (bicyclic) bond motifs is 2. The lowest BCUT2D eigenvalue weighted by atomic mass is 10.1. The number of halogens is 2. The number of H-pyrrole nitrogens is 1. The van der Waals surface area contributed by atoms with Crippen LogP contribution in [0.2, 0.25) is 5.02 Å². The second-order valence-corrected chi connectivity index (χ2v) is 6.59. The van der Waals surface area contributed by atoms with Gasteiger partial charge in [0, 0.05) is 41.9 Å². The second-order valence-electron chi connectivity index (χ2n) is 6.15. The Balaban J connectivity index is 0.00000225. The van der Waals surface area contributed by atoms with Gasteiger partial charge in [0.2, 0.25) is 0 Å². The molecule has 0 bridgehead atoms. The van der Waals surface area contributed by atoms with Gasteiger partial charge in [0.15, 0.2) is 17.4 Å². The molecule has 3 N–H and O–H groups in total. The summed E-state index contributed by atoms with van der Waals surface area (Å²) in [5, 5.41) is 16.9. The van der Waals surface area contributed by atoms with Gasteiger partial charge in [0.25, 0.3) is 0 Å². The summed E-state index contributed by atoms with van der Waals surface area (Å²) in [5.74, 6) is 1.56. The molecule has 146 valence electrons. The van der Waals surface area contributed by atoms with Gasteiger partial charge in [0.1, 0.15) is 0 Å². The van der Waals surface area contributed by atoms with Gasteiger partial charge in [-0.3, -0.25) is 9.39 Å². The topological polar surface area (TPSA) is 82.4 Å². The first kappa shape index (κ1) is 20.4. The molecule has 3 aromatic heterocycles. The molecule has 0 atom stereocenters. The van der Waals surface area contributed by atoms with Crippen molar-refractivity contribution in [2.75, 3.05) is 13.6 Å². The van der Waals surface area contributed by atoms with Crippen LogP contribution in [0.15, 0.2) is 53.8 Å². The van der Waals surface area contributed by atoms with Crippen molar-refractivity contribution in [1.82, 2.24) is 30.2 Å². The number of rotatable bonds is 5. The summed E-state index contributed by atoms with van der Waals surface area (Å²) in [4.78, 5) is 7.55. The van der Waals surface area contributed by atoms with E-state index in [0.717, 1.165) is 46.3 Å². The molecule has 0 spiro atoms. The SMILES string of the molecule is CN=C(NCCc1c[nH]c2ccc(Cl)cc12)NCc1nnc2ccccn12.I. The number of aromatic nitrogens is 4. The summed E-state index contributed by atoms with van der Waals surface area (Å²) in [5.41, 5.74) is 3.14. The zero-order valence-electron chi connectivity index (χ0n) is 15.3. The molecule has 3 heterocycles. The summed E-state index contributed by atoms with van der Waals surface area (Å²) in [6.07, 6.45) is 4.83. The first-order valence-electron chi connectivity index (χ1n) is 8.73. The van der Waals surface area contributed by atoms with Crippen molar-refractivity contribution in [3.8, 4) is 0 Å². The van der Waals surface area contributed by atoms with Crippen molar-refractivity contribution in [3.63, 3.8) is 0 Å². The maximum Gasteiger partial charge on any atom is 0.191 e. The van der Waals surface area contributed by atoms with Gasteiger partial charge in [-0.05, 0) is 42.3 Å². The summed E-state index contributed by atoms with van der Waals surface area (Å²) in [6.45, 7) is 1.28. The molecule has 0 saturated carbocycles. The molecular weight excluding hydrogens is 489 g/mol. The quantitative estimate of drug-likeness (QED) is 0.219. The number of nitrogens with one attached hydrogen (secondary N) is 3. The third kappa shape index (κ3) is 4.39. The molecule has 9 heteroatoms. The minimum atomic E-state index is 0. The van der Waals surface area contributed by atoms with Crippen LogP contribution in [0.5, 0.6) is 0 Å². The zero-order valence-corrected chi connectivity index (χ0v) is 18.4. The molecular formula is C19H21ClIN7. The average Bonchev–Trinajstić information content (AvgIpc) is 3.28. The van der Waals surface area contributed by atoms with Crippen molar-refractivity contribution in [2.24, 2.45) is 4.99 Å². The maximum atomic E-state index is 6.11. The Labute approximate surface area is 184 Å². The van der Waals surface area contributed by atoms with Crippen LogP contribution < -0.4 is 10.6 Å². The van der Waals surface area contributed by atoms with Gasteiger partial charge in [-0.2, -0.15) is 0 Å². The summed E-state index contributed by atoms with van der Waals surface area (Å²) < 4.78 is 1.95. The Bertz CT molecular complexity index is 1100. The van der Waals surface area contributed by atoms with E-state index in [2.05, 4.69) is 30.8 Å². The molecule has 1 aromatic carbocycles. The molecule has 7 nitrogen and oxygen atoms in total. The average molecular weight is 510 g/mol. The van der Waals surface area contributed by atoms with E-state index in [1.54, 1.807) is 7.05 Å². The van der Waals surface area contributed by atoms with Gasteiger partial charge >= 0.3 is 0 Å². The van der Waals surface area contributed by atoms with Crippen molar-refractivity contribution in [2.45, 2.75) is 13.0 Å². The number of aliphatic imine (C=N–C) groups is 1. The summed E-state index contributed by atoms with van der Waals surface area (Å²) >= 11 is 6.11. The zero-order chi connectivity index (χ0) is 18.6. The van der Waals surface area contributed by atoms with E-state index >= 15 is 0 Å². The van der Waals surface area contributed by atoms with Gasteiger partial charge in [0.05, 0.1) is 6.54 Å². The summed E-state index contributed by atoms with van der Waals surface area (Å²) in [7, 11) is 1.75. The van der Waals surface area contributed by atoms with Crippen LogP contribution in [0.3, 0.4) is 0 Å². The molecule has 0 radical (unpaired) electrons. The van der Waals surface area contributed by atoms with Crippen LogP contribution in [0.25, 0.3) is 16.6 Å². The molecule has 0 aliphatic rings. The van der Waals surface area contributed by atoms with Crippen molar-refractivity contribution >= 4 is 58.1 Å². The molecule has 28 heavy (non-hydrogen) atoms. The lowest BCUT2D eigenvalue weighted by molar-refractivity contribution is 0.758. The lowest BCUT2D eigenvalue weighted by Crippen LogP contribution is -2.38. The van der Waals surface area contributed by atoms with E-state index < -0.39 is 0 Å². The number of pyridine rings is 1. The highest BCUT2D eigenvalue weighted by molar-refractivity contribution is 14.0. The Morgan fingerprint density at radius 1 is 1.21 bits per heavy atom. The molecule has 0 aliphatic carbocycles. The van der Waals surface area contributed by atoms with E-state index in [9.17, 15) is 0 Å². The molecule has 4 aromatic rings. The van der Waals surface area contributed by atoms with Crippen LogP contribution in [-0.4, -0.2) is 39.1 Å². The number of benzene rings is 1. The van der Waals surface area contributed by atoms with Crippen LogP contribution in [0, 0.1) is 0 Å². The standard InChI is InChI=1S/C19H20ClN7.HI/c1-21-19(24-12-18-26-25-17-4-2-3-9-27(17)18)22-8-7-13-11-23-16-6-5-14(20)10-15(13)16;/h2-6,9-11,23H,7-8,12H2,1H3,(H2,21,22,24);1H. The predicted molar refractivity (Wildman–Crippen MR) is 124 cm³/mol. The molecule has 0 amide bonds. The van der Waals surface area contributed by atoms with Gasteiger partial charge in [-0.1, -0.05) is 17.7 Å². The Hall–Kier alpha value is -2.33. The first-order valence-corrected chi connectivity index (χ1v) is 9.11. The lowest BCUT2D eigenvalue weighted by Gasteiger charge is -2.11. The second kappa shape index (κ2) is 9.24. The third-order valence-corrected chi connectivity index (χ3v) is 4.67. The monoisotopic (exact) mass is 509 g/mol. The highest BCUT2D eigenvalue weighted by Crippen LogP contribution is 2.22. The fraction of sp³-hybridized carbons (Fsp3) is 0.211. The van der Waals surface area contributed by atoms with Gasteiger partial charge in [-0.15, -0.1) is 34.2 Å². The highest BCUT2D eigenvalue weighted by atomic mass is 127. The summed E-state index contributed by atoms with van der Waals surface area (Å²) in [6, 6.07) is 11.7. The largest absolute Gasteiger partial charge is 0.361 e. The van der Waals surface area contributed by atoms with E-state index in [0.29, 0.717) is 6.54 Å². The number of hydrogen-bond acceptors (Lipinski definition) is 3. The fourth-order valence-electron chi connectivity index (χ4n) is 3.07. The third-order valence-electron chi connectivity index (χ3n) is 4.44. The normalized spacial score (nSPS) is 11.6. The fourth-order valence-corrected chi connectivity index (χ4v) is 3.24. The Kier molecular flexibility index (Phi) is 6.74. The minimum absolute atomic E-state index is 0. The van der Waals surface area contributed by atoms with E-state index in [-0.39, 0.29) is 24.0 Å². The molecule has 4 rings (SSSR count). The van der Waals surface area contributed by atoms with Gasteiger partial charge in [-0.25, -0.2) is 0 Å². The number of nitrogens with zero attached hydrogens (tertiary/aromatic N) is 4. The Morgan fingerprint density at radius 2 is 2.11 bits per heavy atom. The van der Waals surface area contributed by atoms with Crippen LogP contribution in [-0.2, 0) is 13.0 Å². The minimum Gasteiger partial charge on any atom is -0.361 e. The molecule has 0 unspecified atom stereocenters. The van der Waals surface area contributed by atoms with E-state index in [1.807, 2.05) is 53.2 Å². The van der Waals surface area contributed by atoms with Crippen molar-refractivity contribution < 1.29 is 0 Å². The van der Waals surface area contributed by atoms with Crippen LogP contribution >= 0.6 is 35.6 Å². The maximum absolute atomic E-state index is 6.11. The first-order chi connectivity index (χ1) is 13.2. The highest BCUT2D eigenvalue weighted by Gasteiger charge is 2.07. The van der Waals surface area contributed by atoms with E-state index in [4.69, 9.17) is 11.6 Å². The van der Waals surface area contributed by atoms with Crippen LogP contribution in [0.4, 0.5) is 0 Å². The number of aromatic amines is 1. The van der Waals surface area contributed by atoms with Gasteiger partial charge < -0.3 is 15.6 Å². The molecule has 0 aliphatic heterocycles. The molecule has 0 fully saturated rings. The van der Waals surface area contributed by atoms with Crippen molar-refractivity contribution in [3.05, 3.63) is 65.2 Å². The van der Waals surface area contributed by atoms with Crippen LogP contribution in [0.1, 0.15) is 11.4 Å². The van der Waals surface area contributed by atoms with E-state index in [1.165, 1.54) is 5.56 Å². The molecule has 0 saturated heterocycles.